The van der Waals surface area contributed by atoms with Crippen molar-refractivity contribution in [3.05, 3.63) is 132 Å². The van der Waals surface area contributed by atoms with Gasteiger partial charge in [0, 0.05) is 11.1 Å². The molecule has 1 heterocycles. The van der Waals surface area contributed by atoms with Gasteiger partial charge in [-0.25, -0.2) is 4.98 Å². The van der Waals surface area contributed by atoms with E-state index in [9.17, 15) is 0 Å². The number of hydrogen-bond acceptors (Lipinski definition) is 3. The Morgan fingerprint density at radius 3 is 1.52 bits per heavy atom. The Morgan fingerprint density at radius 1 is 0.548 bits per heavy atom. The summed E-state index contributed by atoms with van der Waals surface area (Å²) in [5, 5.41) is 0.753. The highest BCUT2D eigenvalue weighted by molar-refractivity contribution is 7.99. The van der Waals surface area contributed by atoms with Crippen molar-refractivity contribution in [1.29, 1.82) is 0 Å². The number of nitrogens with zero attached hydrogens (tertiary/aromatic N) is 1. The van der Waals surface area contributed by atoms with Crippen molar-refractivity contribution in [3.8, 4) is 22.6 Å². The number of aromatic nitrogens is 1. The third-order valence-electron chi connectivity index (χ3n) is 5.11. The highest BCUT2D eigenvalue weighted by Gasteiger charge is 2.22. The topological polar surface area (TPSA) is 26.0 Å². The van der Waals surface area contributed by atoms with E-state index >= 15 is 0 Å². The minimum atomic E-state index is 0.0910. The van der Waals surface area contributed by atoms with Crippen LogP contribution in [0.4, 0.5) is 0 Å². The Morgan fingerprint density at radius 2 is 1.00 bits per heavy atom. The molecule has 0 bridgehead atoms. The summed E-state index contributed by atoms with van der Waals surface area (Å²) in [6, 6.07) is 41.4. The predicted octanol–water partition coefficient (Wildman–Crippen LogP) is 7.89. The van der Waals surface area contributed by atoms with Gasteiger partial charge in [-0.15, -0.1) is 0 Å². The van der Waals surface area contributed by atoms with Crippen LogP contribution in [0, 0.1) is 0 Å². The highest BCUT2D eigenvalue weighted by atomic mass is 32.2. The van der Waals surface area contributed by atoms with Crippen LogP contribution in [0.5, 0.6) is 0 Å². The van der Waals surface area contributed by atoms with Crippen molar-refractivity contribution in [1.82, 2.24) is 4.98 Å². The Bertz CT molecular complexity index is 1140. The normalized spacial score (nSPS) is 11.0. The lowest BCUT2D eigenvalue weighted by molar-refractivity contribution is 0.465. The second kappa shape index (κ2) is 9.07. The molecule has 0 saturated heterocycles. The summed E-state index contributed by atoms with van der Waals surface area (Å²) in [6.45, 7) is 0. The number of rotatable bonds is 6. The van der Waals surface area contributed by atoms with Gasteiger partial charge in [-0.05, 0) is 11.1 Å². The molecule has 5 aromatic rings. The average Bonchev–Trinajstić information content (AvgIpc) is 3.29. The molecule has 0 amide bonds. The van der Waals surface area contributed by atoms with Crippen LogP contribution in [0.1, 0.15) is 16.4 Å². The Hall–Kier alpha value is -3.56. The predicted molar refractivity (Wildman–Crippen MR) is 128 cm³/mol. The molecule has 0 spiro atoms. The number of thioether (sulfide) groups is 1. The van der Waals surface area contributed by atoms with Crippen LogP contribution < -0.4 is 0 Å². The molecule has 150 valence electrons. The van der Waals surface area contributed by atoms with Gasteiger partial charge in [0.2, 0.25) is 0 Å². The van der Waals surface area contributed by atoms with Crippen LogP contribution >= 0.6 is 11.8 Å². The molecule has 0 unspecified atom stereocenters. The van der Waals surface area contributed by atoms with Crippen molar-refractivity contribution >= 4 is 11.8 Å². The third-order valence-corrected chi connectivity index (χ3v) is 6.27. The monoisotopic (exact) mass is 419 g/mol. The Balaban J connectivity index is 1.59. The third kappa shape index (κ3) is 4.32. The molecule has 4 aromatic carbocycles. The van der Waals surface area contributed by atoms with E-state index in [4.69, 9.17) is 9.40 Å². The lowest BCUT2D eigenvalue weighted by atomic mass is 10.0. The fraction of sp³-hybridized carbons (Fsp3) is 0.0357. The molecule has 0 aliphatic heterocycles. The molecule has 0 N–H and O–H groups in total. The molecule has 0 radical (unpaired) electrons. The van der Waals surface area contributed by atoms with E-state index in [0.717, 1.165) is 22.6 Å². The fourth-order valence-corrected chi connectivity index (χ4v) is 4.68. The van der Waals surface area contributed by atoms with Crippen molar-refractivity contribution < 1.29 is 4.42 Å². The molecule has 5 rings (SSSR count). The molecular weight excluding hydrogens is 398 g/mol. The lowest BCUT2D eigenvalue weighted by Gasteiger charge is -2.15. The van der Waals surface area contributed by atoms with E-state index in [0.29, 0.717) is 5.22 Å². The van der Waals surface area contributed by atoms with Crippen LogP contribution in [0.15, 0.2) is 131 Å². The molecule has 0 aliphatic carbocycles. The molecule has 0 fully saturated rings. The van der Waals surface area contributed by atoms with Crippen LogP contribution in [-0.4, -0.2) is 4.98 Å². The van der Waals surface area contributed by atoms with Crippen molar-refractivity contribution in [2.24, 2.45) is 0 Å². The molecule has 2 nitrogen and oxygen atoms in total. The number of oxazole rings is 1. The molecule has 0 saturated carbocycles. The van der Waals surface area contributed by atoms with Gasteiger partial charge in [-0.2, -0.15) is 0 Å². The van der Waals surface area contributed by atoms with Gasteiger partial charge in [0.1, 0.15) is 5.69 Å². The second-order valence-corrected chi connectivity index (χ2v) is 8.27. The number of benzene rings is 4. The zero-order valence-electron chi connectivity index (χ0n) is 16.9. The fourth-order valence-electron chi connectivity index (χ4n) is 3.61. The minimum absolute atomic E-state index is 0.0910. The van der Waals surface area contributed by atoms with Crippen LogP contribution in [0.3, 0.4) is 0 Å². The maximum absolute atomic E-state index is 6.38. The minimum Gasteiger partial charge on any atom is -0.431 e. The summed E-state index contributed by atoms with van der Waals surface area (Å²) >= 11 is 1.64. The molecule has 3 heteroatoms. The first-order chi connectivity index (χ1) is 15.4. The average molecular weight is 420 g/mol. The van der Waals surface area contributed by atoms with E-state index in [2.05, 4.69) is 72.8 Å². The summed E-state index contributed by atoms with van der Waals surface area (Å²) in [4.78, 5) is 4.94. The van der Waals surface area contributed by atoms with E-state index in [1.165, 1.54) is 11.1 Å². The summed E-state index contributed by atoms with van der Waals surface area (Å²) in [5.74, 6) is 0.800. The van der Waals surface area contributed by atoms with E-state index in [1.807, 2.05) is 48.5 Å². The summed E-state index contributed by atoms with van der Waals surface area (Å²) in [7, 11) is 0. The molecule has 0 atom stereocenters. The van der Waals surface area contributed by atoms with Gasteiger partial charge in [0.15, 0.2) is 5.76 Å². The van der Waals surface area contributed by atoms with Gasteiger partial charge < -0.3 is 4.42 Å². The van der Waals surface area contributed by atoms with Crippen LogP contribution in [0.2, 0.25) is 0 Å². The first-order valence-electron chi connectivity index (χ1n) is 10.3. The largest absolute Gasteiger partial charge is 0.431 e. The maximum atomic E-state index is 6.38. The van der Waals surface area contributed by atoms with Gasteiger partial charge in [-0.1, -0.05) is 133 Å². The van der Waals surface area contributed by atoms with Gasteiger partial charge in [-0.3, -0.25) is 0 Å². The van der Waals surface area contributed by atoms with Gasteiger partial charge in [0.25, 0.3) is 5.22 Å². The maximum Gasteiger partial charge on any atom is 0.257 e. The molecule has 0 aliphatic rings. The molecule has 31 heavy (non-hydrogen) atoms. The standard InChI is InChI=1S/C28H21NOS/c1-5-13-21(14-6-1)25-26(22-15-7-2-8-16-22)30-28(29-25)31-27(23-17-9-3-10-18-23)24-19-11-4-12-20-24/h1-20,27H. The molecule has 1 aromatic heterocycles. The van der Waals surface area contributed by atoms with E-state index in [-0.39, 0.29) is 5.25 Å². The van der Waals surface area contributed by atoms with Gasteiger partial charge in [0.05, 0.1) is 5.25 Å². The summed E-state index contributed by atoms with van der Waals surface area (Å²) in [5.41, 5.74) is 5.39. The first-order valence-corrected chi connectivity index (χ1v) is 11.1. The lowest BCUT2D eigenvalue weighted by Crippen LogP contribution is -1.96. The van der Waals surface area contributed by atoms with Crippen molar-refractivity contribution in [3.63, 3.8) is 0 Å². The van der Waals surface area contributed by atoms with Crippen LogP contribution in [-0.2, 0) is 0 Å². The number of hydrogen-bond donors (Lipinski definition) is 0. The summed E-state index contributed by atoms with van der Waals surface area (Å²) in [6.07, 6.45) is 0. The highest BCUT2D eigenvalue weighted by Crippen LogP contribution is 2.43. The Kier molecular flexibility index (Phi) is 5.68. The van der Waals surface area contributed by atoms with Crippen LogP contribution in [0.25, 0.3) is 22.6 Å². The quantitative estimate of drug-likeness (QED) is 0.262. The van der Waals surface area contributed by atoms with E-state index in [1.54, 1.807) is 11.8 Å². The Labute approximate surface area is 186 Å². The van der Waals surface area contributed by atoms with E-state index < -0.39 is 0 Å². The molecular formula is C28H21NOS. The summed E-state index contributed by atoms with van der Waals surface area (Å²) < 4.78 is 6.38. The van der Waals surface area contributed by atoms with Crippen molar-refractivity contribution in [2.75, 3.05) is 0 Å². The SMILES string of the molecule is c1ccc(-c2nc(SC(c3ccccc3)c3ccccc3)oc2-c2ccccc2)cc1. The van der Waals surface area contributed by atoms with Gasteiger partial charge >= 0.3 is 0 Å². The second-order valence-electron chi connectivity index (χ2n) is 7.21. The zero-order chi connectivity index (χ0) is 20.9. The first kappa shape index (κ1) is 19.4. The van der Waals surface area contributed by atoms with Crippen molar-refractivity contribution in [2.45, 2.75) is 10.5 Å². The zero-order valence-corrected chi connectivity index (χ0v) is 17.7. The smallest absolute Gasteiger partial charge is 0.257 e.